The highest BCUT2D eigenvalue weighted by molar-refractivity contribution is 5.83. The van der Waals surface area contributed by atoms with Crippen LogP contribution in [0, 0.1) is 18.7 Å². The molecule has 1 aromatic heterocycles. The van der Waals surface area contributed by atoms with Crippen LogP contribution in [0.1, 0.15) is 42.4 Å². The highest BCUT2D eigenvalue weighted by atomic mass is 19.1. The van der Waals surface area contributed by atoms with Gasteiger partial charge in [-0.05, 0) is 84.7 Å². The van der Waals surface area contributed by atoms with Gasteiger partial charge in [0.05, 0.1) is 17.4 Å². The van der Waals surface area contributed by atoms with Crippen molar-refractivity contribution in [3.8, 4) is 5.69 Å². The molecule has 2 aliphatic rings. The monoisotopic (exact) mass is 453 g/mol. The summed E-state index contributed by atoms with van der Waals surface area (Å²) in [5.41, 5.74) is 5.76. The second kappa shape index (κ2) is 7.79. The van der Waals surface area contributed by atoms with Crippen molar-refractivity contribution in [3.63, 3.8) is 0 Å². The predicted molar refractivity (Wildman–Crippen MR) is 132 cm³/mol. The number of nitrogens with zero attached hydrogens (tertiary/aromatic N) is 3. The Kier molecular flexibility index (Phi) is 4.83. The number of carbonyl (C=O) groups excluding carboxylic acids is 1. The molecule has 6 rings (SSSR count). The van der Waals surface area contributed by atoms with Gasteiger partial charge < -0.3 is 4.90 Å². The quantitative estimate of drug-likeness (QED) is 0.395. The van der Waals surface area contributed by atoms with Gasteiger partial charge in [-0.2, -0.15) is 5.10 Å². The fourth-order valence-electron chi connectivity index (χ4n) is 6.51. The Bertz CT molecular complexity index is 1380. The molecule has 2 fully saturated rings. The molecule has 0 spiro atoms. The smallest absolute Gasteiger partial charge is 0.219 e. The Balaban J connectivity index is 1.45. The van der Waals surface area contributed by atoms with Crippen molar-refractivity contribution in [2.75, 3.05) is 13.1 Å². The molecular weight excluding hydrogens is 425 g/mol. The van der Waals surface area contributed by atoms with E-state index in [9.17, 15) is 9.18 Å². The van der Waals surface area contributed by atoms with Gasteiger partial charge in [0.1, 0.15) is 5.82 Å². The standard InChI is InChI=1S/C29H28FN3O/c1-19-12-28-23(16-31-33(28)26-10-8-25(30)9-11-26)14-27(19)29-15-22(21-6-4-3-5-7-21)13-24(29)17-32(18-29)20(2)34/h3-12,14,16,22,24H,13,15,17-18H2,1-2H3/t22-,24+,29+/m0/s1. The first-order valence-electron chi connectivity index (χ1n) is 12.0. The molecule has 1 aliphatic carbocycles. The number of rotatable bonds is 3. The van der Waals surface area contributed by atoms with E-state index in [0.29, 0.717) is 11.8 Å². The molecule has 0 bridgehead atoms. The number of benzene rings is 3. The summed E-state index contributed by atoms with van der Waals surface area (Å²) in [5.74, 6) is 0.837. The molecule has 1 amide bonds. The maximum atomic E-state index is 13.4. The third-order valence-electron chi connectivity index (χ3n) is 8.11. The van der Waals surface area contributed by atoms with Crippen LogP contribution in [0.2, 0.25) is 0 Å². The van der Waals surface area contributed by atoms with Gasteiger partial charge >= 0.3 is 0 Å². The van der Waals surface area contributed by atoms with Crippen LogP contribution < -0.4 is 0 Å². The first-order valence-corrected chi connectivity index (χ1v) is 12.0. The number of hydrogen-bond donors (Lipinski definition) is 0. The molecule has 4 aromatic rings. The molecule has 1 aliphatic heterocycles. The molecular formula is C29H28FN3O. The number of aromatic nitrogens is 2. The van der Waals surface area contributed by atoms with Crippen LogP contribution in [0.5, 0.6) is 0 Å². The van der Waals surface area contributed by atoms with Crippen molar-refractivity contribution in [1.29, 1.82) is 0 Å². The third-order valence-corrected chi connectivity index (χ3v) is 8.11. The maximum Gasteiger partial charge on any atom is 0.219 e. The summed E-state index contributed by atoms with van der Waals surface area (Å²) < 4.78 is 15.3. The molecule has 0 radical (unpaired) electrons. The van der Waals surface area contributed by atoms with Crippen LogP contribution in [0.3, 0.4) is 0 Å². The van der Waals surface area contributed by atoms with Gasteiger partial charge in [0.15, 0.2) is 0 Å². The number of halogens is 1. The van der Waals surface area contributed by atoms with Gasteiger partial charge in [-0.1, -0.05) is 30.3 Å². The molecule has 2 heterocycles. The van der Waals surface area contributed by atoms with E-state index in [4.69, 9.17) is 0 Å². The van der Waals surface area contributed by atoms with E-state index in [-0.39, 0.29) is 17.1 Å². The van der Waals surface area contributed by atoms with Gasteiger partial charge in [0.2, 0.25) is 5.91 Å². The van der Waals surface area contributed by atoms with E-state index < -0.39 is 0 Å². The topological polar surface area (TPSA) is 38.1 Å². The zero-order valence-electron chi connectivity index (χ0n) is 19.5. The van der Waals surface area contributed by atoms with E-state index in [0.717, 1.165) is 42.5 Å². The minimum absolute atomic E-state index is 0.0531. The molecule has 0 unspecified atom stereocenters. The van der Waals surface area contributed by atoms with Gasteiger partial charge in [-0.3, -0.25) is 4.79 Å². The zero-order chi connectivity index (χ0) is 23.4. The molecule has 1 saturated heterocycles. The summed E-state index contributed by atoms with van der Waals surface area (Å²) in [6, 6.07) is 21.7. The minimum atomic E-state index is -0.255. The van der Waals surface area contributed by atoms with E-state index in [1.165, 1.54) is 28.8 Å². The lowest BCUT2D eigenvalue weighted by Crippen LogP contribution is -2.34. The number of carbonyl (C=O) groups is 1. The van der Waals surface area contributed by atoms with E-state index in [1.807, 2.05) is 15.8 Å². The summed E-state index contributed by atoms with van der Waals surface area (Å²) in [4.78, 5) is 14.4. The molecule has 4 nitrogen and oxygen atoms in total. The molecule has 34 heavy (non-hydrogen) atoms. The Morgan fingerprint density at radius 1 is 1.09 bits per heavy atom. The van der Waals surface area contributed by atoms with Crippen LogP contribution in [0.25, 0.3) is 16.6 Å². The Morgan fingerprint density at radius 3 is 2.59 bits per heavy atom. The Labute approximate surface area is 199 Å². The first-order chi connectivity index (χ1) is 16.4. The lowest BCUT2D eigenvalue weighted by Gasteiger charge is -2.32. The average Bonchev–Trinajstić information content (AvgIpc) is 3.50. The maximum absolute atomic E-state index is 13.4. The fraction of sp³-hybridized carbons (Fsp3) is 0.310. The summed E-state index contributed by atoms with van der Waals surface area (Å²) in [6.07, 6.45) is 4.04. The van der Waals surface area contributed by atoms with Crippen LogP contribution in [-0.2, 0) is 10.2 Å². The normalized spacial score (nSPS) is 24.0. The van der Waals surface area contributed by atoms with E-state index in [2.05, 4.69) is 54.5 Å². The third kappa shape index (κ3) is 3.25. The molecule has 3 atom stereocenters. The summed E-state index contributed by atoms with van der Waals surface area (Å²) in [6.45, 7) is 5.46. The van der Waals surface area contributed by atoms with Crippen molar-refractivity contribution in [2.24, 2.45) is 5.92 Å². The number of fused-ring (bicyclic) bond motifs is 2. The predicted octanol–water partition coefficient (Wildman–Crippen LogP) is 5.77. The van der Waals surface area contributed by atoms with Gasteiger partial charge in [0, 0.05) is 30.8 Å². The van der Waals surface area contributed by atoms with Crippen LogP contribution >= 0.6 is 0 Å². The largest absolute Gasteiger partial charge is 0.342 e. The fourth-order valence-corrected chi connectivity index (χ4v) is 6.51. The first kappa shape index (κ1) is 21.1. The summed E-state index contributed by atoms with van der Waals surface area (Å²) >= 11 is 0. The zero-order valence-corrected chi connectivity index (χ0v) is 19.5. The Morgan fingerprint density at radius 2 is 1.85 bits per heavy atom. The number of amides is 1. The number of aryl methyl sites for hydroxylation is 1. The van der Waals surface area contributed by atoms with E-state index in [1.54, 1.807) is 19.1 Å². The van der Waals surface area contributed by atoms with Crippen molar-refractivity contribution in [2.45, 2.75) is 38.0 Å². The Hall–Kier alpha value is -3.47. The summed E-state index contributed by atoms with van der Waals surface area (Å²) in [5, 5.41) is 5.69. The average molecular weight is 454 g/mol. The summed E-state index contributed by atoms with van der Waals surface area (Å²) in [7, 11) is 0. The lowest BCUT2D eigenvalue weighted by molar-refractivity contribution is -0.128. The van der Waals surface area contributed by atoms with Crippen molar-refractivity contribution < 1.29 is 9.18 Å². The van der Waals surface area contributed by atoms with Crippen LogP contribution in [0.4, 0.5) is 4.39 Å². The van der Waals surface area contributed by atoms with Gasteiger partial charge in [0.25, 0.3) is 0 Å². The van der Waals surface area contributed by atoms with Gasteiger partial charge in [-0.15, -0.1) is 0 Å². The van der Waals surface area contributed by atoms with E-state index >= 15 is 0 Å². The van der Waals surface area contributed by atoms with Gasteiger partial charge in [-0.25, -0.2) is 9.07 Å². The van der Waals surface area contributed by atoms with Crippen LogP contribution in [-0.4, -0.2) is 33.7 Å². The van der Waals surface area contributed by atoms with Crippen LogP contribution in [0.15, 0.2) is 72.9 Å². The number of likely N-dealkylation sites (tertiary alicyclic amines) is 1. The minimum Gasteiger partial charge on any atom is -0.342 e. The number of hydrogen-bond acceptors (Lipinski definition) is 2. The molecule has 172 valence electrons. The second-order valence-corrected chi connectivity index (χ2v) is 10.1. The molecule has 5 heteroatoms. The van der Waals surface area contributed by atoms with Crippen molar-refractivity contribution in [1.82, 2.24) is 14.7 Å². The van der Waals surface area contributed by atoms with Crippen molar-refractivity contribution >= 4 is 16.8 Å². The molecule has 0 N–H and O–H groups in total. The highest BCUT2D eigenvalue weighted by Gasteiger charge is 2.55. The van der Waals surface area contributed by atoms with Crippen molar-refractivity contribution in [3.05, 3.63) is 95.4 Å². The lowest BCUT2D eigenvalue weighted by atomic mass is 9.72. The molecule has 1 saturated carbocycles. The highest BCUT2D eigenvalue weighted by Crippen LogP contribution is 2.56. The second-order valence-electron chi connectivity index (χ2n) is 10.1. The SMILES string of the molecule is CC(=O)N1C[C@H]2C[C@H](c3ccccc3)C[C@@]2(c2cc3cnn(-c4ccc(F)cc4)c3cc2C)C1. The molecule has 3 aromatic carbocycles.